The van der Waals surface area contributed by atoms with E-state index in [0.717, 1.165) is 4.90 Å². The number of amides is 2. The molecule has 1 aliphatic rings. The largest absolute Gasteiger partial charge is 0.493 e. The van der Waals surface area contributed by atoms with Crippen LogP contribution < -0.4 is 4.74 Å². The summed E-state index contributed by atoms with van der Waals surface area (Å²) in [5, 5.41) is 0. The molecule has 1 heterocycles. The standard InChI is InChI=1S/C16H19F3N2O3/c1-20(2)14(22)9-21(10-16(17,18)19)15(23)12-7-8-24-13-6-4-3-5-11(12)13/h3-6,12H,7-10H2,1-2H3/t12-/m0/s1. The Bertz CT molecular complexity index is 617. The van der Waals surface area contributed by atoms with Crippen molar-refractivity contribution >= 4 is 11.8 Å². The van der Waals surface area contributed by atoms with Crippen molar-refractivity contribution in [3.05, 3.63) is 29.8 Å². The Hall–Kier alpha value is -2.25. The van der Waals surface area contributed by atoms with Gasteiger partial charge in [-0.2, -0.15) is 13.2 Å². The SMILES string of the molecule is CN(C)C(=O)CN(CC(F)(F)F)C(=O)[C@H]1CCOc2ccccc21. The average molecular weight is 344 g/mol. The van der Waals surface area contributed by atoms with Gasteiger partial charge in [0.2, 0.25) is 11.8 Å². The summed E-state index contributed by atoms with van der Waals surface area (Å²) in [6.07, 6.45) is -4.30. The van der Waals surface area contributed by atoms with Crippen molar-refractivity contribution in [2.75, 3.05) is 33.8 Å². The number of likely N-dealkylation sites (N-methyl/N-ethyl adjacent to an activating group) is 1. The highest BCUT2D eigenvalue weighted by molar-refractivity contribution is 5.89. The molecule has 1 aliphatic heterocycles. The number of hydrogen-bond donors (Lipinski definition) is 0. The van der Waals surface area contributed by atoms with Gasteiger partial charge in [-0.25, -0.2) is 0 Å². The molecule has 1 aromatic carbocycles. The van der Waals surface area contributed by atoms with E-state index < -0.39 is 37.0 Å². The maximum atomic E-state index is 12.8. The molecule has 24 heavy (non-hydrogen) atoms. The minimum atomic E-state index is -4.58. The molecular formula is C16H19F3N2O3. The first-order chi connectivity index (χ1) is 11.2. The Labute approximate surface area is 138 Å². The van der Waals surface area contributed by atoms with Gasteiger partial charge in [0, 0.05) is 19.7 Å². The molecule has 0 N–H and O–H groups in total. The summed E-state index contributed by atoms with van der Waals surface area (Å²) in [6.45, 7) is -1.81. The molecule has 0 aromatic heterocycles. The van der Waals surface area contributed by atoms with Crippen LogP contribution in [0.2, 0.25) is 0 Å². The van der Waals surface area contributed by atoms with E-state index in [4.69, 9.17) is 4.74 Å². The number of alkyl halides is 3. The van der Waals surface area contributed by atoms with E-state index in [2.05, 4.69) is 0 Å². The van der Waals surface area contributed by atoms with Gasteiger partial charge in [-0.3, -0.25) is 9.59 Å². The van der Waals surface area contributed by atoms with Gasteiger partial charge in [0.1, 0.15) is 18.8 Å². The highest BCUT2D eigenvalue weighted by atomic mass is 19.4. The second-order valence-corrected chi connectivity index (χ2v) is 5.83. The molecule has 5 nitrogen and oxygen atoms in total. The van der Waals surface area contributed by atoms with Crippen LogP contribution >= 0.6 is 0 Å². The molecule has 1 atom stereocenters. The maximum Gasteiger partial charge on any atom is 0.406 e. The summed E-state index contributed by atoms with van der Waals surface area (Å²) in [6, 6.07) is 6.77. The first-order valence-electron chi connectivity index (χ1n) is 7.46. The van der Waals surface area contributed by atoms with Gasteiger partial charge < -0.3 is 14.5 Å². The molecule has 8 heteroatoms. The van der Waals surface area contributed by atoms with Crippen molar-refractivity contribution in [2.45, 2.75) is 18.5 Å². The predicted molar refractivity (Wildman–Crippen MR) is 80.6 cm³/mol. The summed E-state index contributed by atoms with van der Waals surface area (Å²) >= 11 is 0. The second kappa shape index (κ2) is 7.11. The average Bonchev–Trinajstić information content (AvgIpc) is 2.51. The fourth-order valence-corrected chi connectivity index (χ4v) is 2.55. The Balaban J connectivity index is 2.26. The summed E-state index contributed by atoms with van der Waals surface area (Å²) < 4.78 is 43.9. The monoisotopic (exact) mass is 344 g/mol. The number of nitrogens with zero attached hydrogens (tertiary/aromatic N) is 2. The number of rotatable bonds is 4. The number of carbonyl (C=O) groups is 2. The number of para-hydroxylation sites is 1. The molecule has 0 saturated heterocycles. The Morgan fingerprint density at radius 3 is 2.54 bits per heavy atom. The summed E-state index contributed by atoms with van der Waals surface area (Å²) in [4.78, 5) is 26.2. The highest BCUT2D eigenvalue weighted by Crippen LogP contribution is 2.35. The lowest BCUT2D eigenvalue weighted by Gasteiger charge is -2.31. The van der Waals surface area contributed by atoms with E-state index in [-0.39, 0.29) is 13.0 Å². The van der Waals surface area contributed by atoms with Crippen molar-refractivity contribution in [1.29, 1.82) is 0 Å². The first kappa shape index (κ1) is 18.1. The summed E-state index contributed by atoms with van der Waals surface area (Å²) in [7, 11) is 2.87. The Morgan fingerprint density at radius 2 is 1.92 bits per heavy atom. The fraction of sp³-hybridized carbons (Fsp3) is 0.500. The molecule has 0 unspecified atom stereocenters. The molecule has 0 fully saturated rings. The van der Waals surface area contributed by atoms with Gasteiger partial charge in [0.05, 0.1) is 12.5 Å². The number of carbonyl (C=O) groups excluding carboxylic acids is 2. The Morgan fingerprint density at radius 1 is 1.25 bits per heavy atom. The van der Waals surface area contributed by atoms with E-state index in [1.807, 2.05) is 0 Å². The van der Waals surface area contributed by atoms with Crippen LogP contribution in [-0.4, -0.2) is 61.6 Å². The van der Waals surface area contributed by atoms with Gasteiger partial charge in [-0.15, -0.1) is 0 Å². The zero-order chi connectivity index (χ0) is 17.9. The highest BCUT2D eigenvalue weighted by Gasteiger charge is 2.38. The molecule has 132 valence electrons. The molecule has 0 bridgehead atoms. The molecule has 0 radical (unpaired) electrons. The number of fused-ring (bicyclic) bond motifs is 1. The fourth-order valence-electron chi connectivity index (χ4n) is 2.55. The summed E-state index contributed by atoms with van der Waals surface area (Å²) in [5.74, 6) is -1.52. The third-order valence-electron chi connectivity index (χ3n) is 3.76. The van der Waals surface area contributed by atoms with Crippen molar-refractivity contribution in [2.24, 2.45) is 0 Å². The van der Waals surface area contributed by atoms with E-state index in [9.17, 15) is 22.8 Å². The molecule has 1 aromatic rings. The topological polar surface area (TPSA) is 49.9 Å². The molecule has 0 spiro atoms. The van der Waals surface area contributed by atoms with Gasteiger partial charge in [0.15, 0.2) is 0 Å². The van der Waals surface area contributed by atoms with E-state index in [1.165, 1.54) is 14.1 Å². The van der Waals surface area contributed by atoms with Gasteiger partial charge in [0.25, 0.3) is 0 Å². The van der Waals surface area contributed by atoms with Crippen LogP contribution in [0, 0.1) is 0 Å². The zero-order valence-electron chi connectivity index (χ0n) is 13.5. The van der Waals surface area contributed by atoms with Crippen molar-refractivity contribution in [1.82, 2.24) is 9.80 Å². The van der Waals surface area contributed by atoms with Gasteiger partial charge in [-0.1, -0.05) is 18.2 Å². The van der Waals surface area contributed by atoms with E-state index in [0.29, 0.717) is 16.2 Å². The van der Waals surface area contributed by atoms with Crippen molar-refractivity contribution in [3.63, 3.8) is 0 Å². The number of hydrogen-bond acceptors (Lipinski definition) is 3. The zero-order valence-corrected chi connectivity index (χ0v) is 13.5. The lowest BCUT2D eigenvalue weighted by molar-refractivity contribution is -0.165. The molecule has 2 rings (SSSR count). The third kappa shape index (κ3) is 4.39. The Kier molecular flexibility index (Phi) is 5.36. The summed E-state index contributed by atoms with van der Waals surface area (Å²) in [5.41, 5.74) is 0.554. The number of ether oxygens (including phenoxy) is 1. The van der Waals surface area contributed by atoms with E-state index in [1.54, 1.807) is 24.3 Å². The van der Waals surface area contributed by atoms with Crippen LogP contribution in [-0.2, 0) is 9.59 Å². The van der Waals surface area contributed by atoms with Gasteiger partial charge in [-0.05, 0) is 12.5 Å². The minimum absolute atomic E-state index is 0.245. The van der Waals surface area contributed by atoms with Crippen molar-refractivity contribution in [3.8, 4) is 5.75 Å². The number of halogens is 3. The normalized spacial score (nSPS) is 16.8. The lowest BCUT2D eigenvalue weighted by Crippen LogP contribution is -2.47. The lowest BCUT2D eigenvalue weighted by atomic mass is 9.91. The van der Waals surface area contributed by atoms with Crippen LogP contribution in [0.5, 0.6) is 5.75 Å². The van der Waals surface area contributed by atoms with Crippen LogP contribution in [0.4, 0.5) is 13.2 Å². The van der Waals surface area contributed by atoms with E-state index >= 15 is 0 Å². The molecule has 2 amide bonds. The van der Waals surface area contributed by atoms with Crippen LogP contribution in [0.15, 0.2) is 24.3 Å². The second-order valence-electron chi connectivity index (χ2n) is 5.83. The first-order valence-corrected chi connectivity index (χ1v) is 7.46. The van der Waals surface area contributed by atoms with Gasteiger partial charge >= 0.3 is 6.18 Å². The number of benzene rings is 1. The molecule has 0 aliphatic carbocycles. The van der Waals surface area contributed by atoms with Crippen LogP contribution in [0.25, 0.3) is 0 Å². The van der Waals surface area contributed by atoms with Crippen LogP contribution in [0.3, 0.4) is 0 Å². The molecular weight excluding hydrogens is 325 g/mol. The van der Waals surface area contributed by atoms with Crippen LogP contribution in [0.1, 0.15) is 17.9 Å². The smallest absolute Gasteiger partial charge is 0.406 e. The van der Waals surface area contributed by atoms with Crippen molar-refractivity contribution < 1.29 is 27.5 Å². The molecule has 0 saturated carbocycles. The third-order valence-corrected chi connectivity index (χ3v) is 3.76. The predicted octanol–water partition coefficient (Wildman–Crippen LogP) is 2.03. The quantitative estimate of drug-likeness (QED) is 0.840. The maximum absolute atomic E-state index is 12.8. The minimum Gasteiger partial charge on any atom is -0.493 e.